The van der Waals surface area contributed by atoms with E-state index >= 15 is 0 Å². The van der Waals surface area contributed by atoms with Crippen LogP contribution in [-0.2, 0) is 24.8 Å². The van der Waals surface area contributed by atoms with Crippen LogP contribution in [0.15, 0.2) is 24.4 Å². The quantitative estimate of drug-likeness (QED) is 0.742. The van der Waals surface area contributed by atoms with Gasteiger partial charge in [0.05, 0.1) is 13.3 Å². The largest absolute Gasteiger partial charge is 0.493 e. The summed E-state index contributed by atoms with van der Waals surface area (Å²) in [5, 5.41) is 10.7. The average Bonchev–Trinajstić information content (AvgIpc) is 3.07. The van der Waals surface area contributed by atoms with Crippen molar-refractivity contribution >= 4 is 5.91 Å². The Morgan fingerprint density at radius 1 is 1.37 bits per heavy atom. The Hall–Kier alpha value is -2.54. The number of aromatic nitrogens is 2. The Kier molecular flexibility index (Phi) is 6.34. The summed E-state index contributed by atoms with van der Waals surface area (Å²) >= 11 is 0. The summed E-state index contributed by atoms with van der Waals surface area (Å²) < 4.78 is 13.0. The van der Waals surface area contributed by atoms with Crippen LogP contribution in [0.5, 0.6) is 11.5 Å². The molecule has 1 heterocycles. The zero-order chi connectivity index (χ0) is 19.2. The van der Waals surface area contributed by atoms with Gasteiger partial charge >= 0.3 is 0 Å². The normalized spacial score (nSPS) is 15.9. The van der Waals surface area contributed by atoms with E-state index in [0.717, 1.165) is 24.9 Å². The van der Waals surface area contributed by atoms with Crippen molar-refractivity contribution < 1.29 is 14.3 Å². The summed E-state index contributed by atoms with van der Waals surface area (Å²) in [6.45, 7) is 3.17. The molecule has 1 atom stereocenters. The fourth-order valence-corrected chi connectivity index (χ4v) is 3.49. The van der Waals surface area contributed by atoms with Crippen molar-refractivity contribution in [2.75, 3.05) is 20.3 Å². The molecule has 0 spiro atoms. The third kappa shape index (κ3) is 4.60. The first-order valence-corrected chi connectivity index (χ1v) is 9.43. The summed E-state index contributed by atoms with van der Waals surface area (Å²) in [6.07, 6.45) is 5.35. The van der Waals surface area contributed by atoms with Gasteiger partial charge in [0.25, 0.3) is 5.91 Å². The number of nitrogens with zero attached hydrogens (tertiary/aromatic N) is 2. The van der Waals surface area contributed by atoms with Gasteiger partial charge in [0.15, 0.2) is 18.1 Å². The number of rotatable bonds is 8. The molecule has 2 aromatic rings. The molecule has 1 aliphatic rings. The van der Waals surface area contributed by atoms with Gasteiger partial charge in [-0.3, -0.25) is 9.48 Å². The van der Waals surface area contributed by atoms with E-state index in [9.17, 15) is 4.79 Å². The van der Waals surface area contributed by atoms with Gasteiger partial charge in [-0.05, 0) is 43.9 Å². The highest BCUT2D eigenvalue weighted by Crippen LogP contribution is 2.31. The third-order valence-corrected chi connectivity index (χ3v) is 4.89. The van der Waals surface area contributed by atoms with E-state index < -0.39 is 0 Å². The number of carbonyl (C=O) groups is 1. The van der Waals surface area contributed by atoms with Crippen LogP contribution < -0.4 is 20.1 Å². The van der Waals surface area contributed by atoms with Crippen LogP contribution in [0.25, 0.3) is 0 Å². The van der Waals surface area contributed by atoms with Crippen molar-refractivity contribution in [1.82, 2.24) is 20.4 Å². The highest BCUT2D eigenvalue weighted by Gasteiger charge is 2.23. The molecule has 0 fully saturated rings. The van der Waals surface area contributed by atoms with Gasteiger partial charge in [0.2, 0.25) is 0 Å². The Morgan fingerprint density at radius 2 is 2.22 bits per heavy atom. The van der Waals surface area contributed by atoms with Crippen molar-refractivity contribution in [3.05, 3.63) is 41.2 Å². The molecule has 0 aliphatic heterocycles. The minimum absolute atomic E-state index is 0.0202. The molecule has 1 unspecified atom stereocenters. The maximum atomic E-state index is 11.6. The number of fused-ring (bicyclic) bond motifs is 1. The van der Waals surface area contributed by atoms with Crippen LogP contribution in [0, 0.1) is 0 Å². The zero-order valence-electron chi connectivity index (χ0n) is 16.2. The highest BCUT2D eigenvalue weighted by atomic mass is 16.5. The van der Waals surface area contributed by atoms with E-state index in [1.165, 1.54) is 17.7 Å². The minimum Gasteiger partial charge on any atom is -0.493 e. The van der Waals surface area contributed by atoms with E-state index in [2.05, 4.69) is 15.7 Å². The number of benzene rings is 1. The fraction of sp³-hybridized carbons (Fsp3) is 0.500. The third-order valence-electron chi connectivity index (χ3n) is 4.89. The van der Waals surface area contributed by atoms with Gasteiger partial charge in [0.1, 0.15) is 0 Å². The first kappa shape index (κ1) is 19.2. The van der Waals surface area contributed by atoms with Gasteiger partial charge < -0.3 is 20.1 Å². The van der Waals surface area contributed by atoms with Crippen LogP contribution in [0.4, 0.5) is 0 Å². The molecule has 7 nitrogen and oxygen atoms in total. The number of amides is 1. The molecule has 0 saturated carbocycles. The number of hydrogen-bond acceptors (Lipinski definition) is 5. The molecule has 1 aromatic carbocycles. The summed E-state index contributed by atoms with van der Waals surface area (Å²) in [5.41, 5.74) is 3.73. The predicted molar refractivity (Wildman–Crippen MR) is 103 cm³/mol. The lowest BCUT2D eigenvalue weighted by Crippen LogP contribution is -2.28. The number of ether oxygens (including phenoxy) is 2. The lowest BCUT2D eigenvalue weighted by atomic mass is 9.93. The lowest BCUT2D eigenvalue weighted by molar-refractivity contribution is -0.123. The van der Waals surface area contributed by atoms with Crippen molar-refractivity contribution in [3.8, 4) is 11.5 Å². The van der Waals surface area contributed by atoms with Gasteiger partial charge in [-0.1, -0.05) is 6.07 Å². The molecule has 7 heteroatoms. The molecule has 1 amide bonds. The zero-order valence-corrected chi connectivity index (χ0v) is 16.2. The van der Waals surface area contributed by atoms with Gasteiger partial charge in [-0.15, -0.1) is 0 Å². The van der Waals surface area contributed by atoms with E-state index in [-0.39, 0.29) is 12.5 Å². The van der Waals surface area contributed by atoms with E-state index in [0.29, 0.717) is 24.1 Å². The highest BCUT2D eigenvalue weighted by molar-refractivity contribution is 5.77. The molecule has 0 radical (unpaired) electrons. The predicted octanol–water partition coefficient (Wildman–Crippen LogP) is 2.11. The SMILES string of the molecule is CCNC(=O)COc1ccc(CNC2CCCc3c2cnn3C)cc1OC. The van der Waals surface area contributed by atoms with Crippen LogP contribution in [0.2, 0.25) is 0 Å². The second kappa shape index (κ2) is 8.90. The van der Waals surface area contributed by atoms with Crippen molar-refractivity contribution in [2.45, 2.75) is 38.8 Å². The maximum Gasteiger partial charge on any atom is 0.257 e. The second-order valence-electron chi connectivity index (χ2n) is 6.72. The topological polar surface area (TPSA) is 77.4 Å². The van der Waals surface area contributed by atoms with Crippen molar-refractivity contribution in [1.29, 1.82) is 0 Å². The molecule has 1 aliphatic carbocycles. The van der Waals surface area contributed by atoms with Gasteiger partial charge in [0, 0.05) is 37.4 Å². The van der Waals surface area contributed by atoms with Gasteiger partial charge in [-0.2, -0.15) is 5.10 Å². The number of likely N-dealkylation sites (N-methyl/N-ethyl adjacent to an activating group) is 1. The first-order valence-electron chi connectivity index (χ1n) is 9.43. The Morgan fingerprint density at radius 3 is 3.00 bits per heavy atom. The van der Waals surface area contributed by atoms with E-state index in [4.69, 9.17) is 9.47 Å². The van der Waals surface area contributed by atoms with Gasteiger partial charge in [-0.25, -0.2) is 0 Å². The summed E-state index contributed by atoms with van der Waals surface area (Å²) in [5.74, 6) is 1.05. The molecule has 1 aromatic heterocycles. The van der Waals surface area contributed by atoms with Crippen LogP contribution in [0.1, 0.15) is 42.6 Å². The minimum atomic E-state index is -0.144. The average molecular weight is 372 g/mol. The van der Waals surface area contributed by atoms with Crippen molar-refractivity contribution in [3.63, 3.8) is 0 Å². The monoisotopic (exact) mass is 372 g/mol. The van der Waals surface area contributed by atoms with E-state index in [1.54, 1.807) is 7.11 Å². The molecule has 146 valence electrons. The van der Waals surface area contributed by atoms with Crippen LogP contribution >= 0.6 is 0 Å². The molecule has 0 saturated heterocycles. The Labute approximate surface area is 160 Å². The molecule has 2 N–H and O–H groups in total. The first-order chi connectivity index (χ1) is 13.1. The number of nitrogens with one attached hydrogen (secondary N) is 2. The van der Waals surface area contributed by atoms with Crippen LogP contribution in [0.3, 0.4) is 0 Å². The summed E-state index contributed by atoms with van der Waals surface area (Å²) in [4.78, 5) is 11.6. The van der Waals surface area contributed by atoms with E-state index in [1.807, 2.05) is 43.0 Å². The number of aryl methyl sites for hydroxylation is 1. The molecular formula is C20H28N4O3. The smallest absolute Gasteiger partial charge is 0.257 e. The fourth-order valence-electron chi connectivity index (χ4n) is 3.49. The van der Waals surface area contributed by atoms with Crippen LogP contribution in [-0.4, -0.2) is 35.9 Å². The second-order valence-corrected chi connectivity index (χ2v) is 6.72. The Balaban J connectivity index is 1.62. The number of carbonyl (C=O) groups excluding carboxylic acids is 1. The molecule has 3 rings (SSSR count). The molecule has 27 heavy (non-hydrogen) atoms. The lowest BCUT2D eigenvalue weighted by Gasteiger charge is -2.24. The van der Waals surface area contributed by atoms with Crippen molar-refractivity contribution in [2.24, 2.45) is 7.05 Å². The maximum absolute atomic E-state index is 11.6. The summed E-state index contributed by atoms with van der Waals surface area (Å²) in [7, 11) is 3.61. The molecule has 0 bridgehead atoms. The number of methoxy groups -OCH3 is 1. The standard InChI is InChI=1S/C20H28N4O3/c1-4-21-20(25)13-27-18-9-8-14(10-19(18)26-3)11-22-16-6-5-7-17-15(16)12-23-24(17)2/h8-10,12,16,22H,4-7,11,13H2,1-3H3,(H,21,25). The summed E-state index contributed by atoms with van der Waals surface area (Å²) in [6, 6.07) is 6.12. The number of hydrogen-bond donors (Lipinski definition) is 2. The Bertz CT molecular complexity index is 788. The molecular weight excluding hydrogens is 344 g/mol.